The molecule has 0 aliphatic carbocycles. The summed E-state index contributed by atoms with van der Waals surface area (Å²) in [5.41, 5.74) is 1.06. The van der Waals surface area contributed by atoms with Crippen molar-refractivity contribution >= 4 is 11.3 Å². The SMILES string of the molecule is CCOc1ccc(C(Cc2ccc(F)c(Oc3ccccc3)c2)C(C)C)s1. The van der Waals surface area contributed by atoms with Crippen LogP contribution in [0.1, 0.15) is 37.1 Å². The fraction of sp³-hybridized carbons (Fsp3) is 0.304. The lowest BCUT2D eigenvalue weighted by Crippen LogP contribution is -2.09. The van der Waals surface area contributed by atoms with Crippen molar-refractivity contribution in [2.45, 2.75) is 33.1 Å². The highest BCUT2D eigenvalue weighted by atomic mass is 32.1. The third-order valence-corrected chi connectivity index (χ3v) is 5.61. The Kier molecular flexibility index (Phi) is 6.51. The van der Waals surface area contributed by atoms with E-state index in [9.17, 15) is 4.39 Å². The van der Waals surface area contributed by atoms with Crippen LogP contribution in [-0.4, -0.2) is 6.61 Å². The molecule has 0 saturated carbocycles. The Morgan fingerprint density at radius 3 is 2.48 bits per heavy atom. The van der Waals surface area contributed by atoms with Crippen LogP contribution in [0.3, 0.4) is 0 Å². The van der Waals surface area contributed by atoms with Gasteiger partial charge in [0.05, 0.1) is 6.61 Å². The lowest BCUT2D eigenvalue weighted by molar-refractivity contribution is 0.350. The van der Waals surface area contributed by atoms with Crippen molar-refractivity contribution < 1.29 is 13.9 Å². The summed E-state index contributed by atoms with van der Waals surface area (Å²) in [7, 11) is 0. The van der Waals surface area contributed by atoms with Gasteiger partial charge < -0.3 is 9.47 Å². The molecule has 2 aromatic carbocycles. The smallest absolute Gasteiger partial charge is 0.173 e. The molecule has 0 bridgehead atoms. The molecule has 0 aliphatic heterocycles. The van der Waals surface area contributed by atoms with E-state index in [4.69, 9.17) is 9.47 Å². The third kappa shape index (κ3) is 5.10. The number of rotatable bonds is 8. The van der Waals surface area contributed by atoms with Gasteiger partial charge in [0.1, 0.15) is 5.75 Å². The number of hydrogen-bond donors (Lipinski definition) is 0. The Morgan fingerprint density at radius 2 is 1.78 bits per heavy atom. The summed E-state index contributed by atoms with van der Waals surface area (Å²) in [5.74, 6) is 1.36. The van der Waals surface area contributed by atoms with E-state index in [1.54, 1.807) is 11.3 Å². The molecule has 0 aliphatic rings. The van der Waals surface area contributed by atoms with E-state index in [2.05, 4.69) is 19.9 Å². The molecule has 0 radical (unpaired) electrons. The zero-order valence-corrected chi connectivity index (χ0v) is 16.8. The van der Waals surface area contributed by atoms with Gasteiger partial charge in [0.2, 0.25) is 0 Å². The lowest BCUT2D eigenvalue weighted by Gasteiger charge is -2.20. The minimum Gasteiger partial charge on any atom is -0.484 e. The molecule has 142 valence electrons. The molecule has 27 heavy (non-hydrogen) atoms. The molecule has 1 aromatic heterocycles. The summed E-state index contributed by atoms with van der Waals surface area (Å²) in [5, 5.41) is 0.949. The van der Waals surface area contributed by atoms with Crippen LogP contribution in [0, 0.1) is 11.7 Å². The van der Waals surface area contributed by atoms with Crippen LogP contribution >= 0.6 is 11.3 Å². The molecule has 0 spiro atoms. The summed E-state index contributed by atoms with van der Waals surface area (Å²) in [6.07, 6.45) is 0.829. The monoisotopic (exact) mass is 384 g/mol. The topological polar surface area (TPSA) is 18.5 Å². The number of thiophene rings is 1. The summed E-state index contributed by atoms with van der Waals surface area (Å²) >= 11 is 1.70. The quantitative estimate of drug-likeness (QED) is 0.414. The van der Waals surface area contributed by atoms with Crippen molar-refractivity contribution in [3.63, 3.8) is 0 Å². The molecule has 3 aromatic rings. The number of halogens is 1. The molecule has 1 unspecified atom stereocenters. The van der Waals surface area contributed by atoms with Crippen molar-refractivity contribution in [2.24, 2.45) is 5.92 Å². The van der Waals surface area contributed by atoms with Crippen molar-refractivity contribution in [1.82, 2.24) is 0 Å². The predicted octanol–water partition coefficient (Wildman–Crippen LogP) is 7.06. The Balaban J connectivity index is 1.80. The first-order valence-corrected chi connectivity index (χ1v) is 10.1. The molecule has 2 nitrogen and oxygen atoms in total. The highest BCUT2D eigenvalue weighted by molar-refractivity contribution is 7.13. The fourth-order valence-corrected chi connectivity index (χ4v) is 4.23. The molecule has 0 amide bonds. The average Bonchev–Trinajstić information content (AvgIpc) is 3.11. The molecule has 3 rings (SSSR count). The highest BCUT2D eigenvalue weighted by Gasteiger charge is 2.20. The molecule has 0 N–H and O–H groups in total. The molecule has 4 heteroatoms. The van der Waals surface area contributed by atoms with Gasteiger partial charge in [0.15, 0.2) is 16.6 Å². The Labute approximate surface area is 164 Å². The van der Waals surface area contributed by atoms with Gasteiger partial charge in [0.25, 0.3) is 0 Å². The zero-order chi connectivity index (χ0) is 19.2. The number of para-hydroxylation sites is 1. The second kappa shape index (κ2) is 9.05. The maximum Gasteiger partial charge on any atom is 0.173 e. The fourth-order valence-electron chi connectivity index (χ4n) is 3.04. The number of hydrogen-bond acceptors (Lipinski definition) is 3. The van der Waals surface area contributed by atoms with Crippen molar-refractivity contribution in [3.8, 4) is 16.6 Å². The number of ether oxygens (including phenoxy) is 2. The normalized spacial score (nSPS) is 12.2. The number of benzene rings is 2. The van der Waals surface area contributed by atoms with Crippen LogP contribution in [-0.2, 0) is 6.42 Å². The van der Waals surface area contributed by atoms with Gasteiger partial charge in [-0.25, -0.2) is 4.39 Å². The van der Waals surface area contributed by atoms with Gasteiger partial charge in [-0.1, -0.05) is 38.1 Å². The van der Waals surface area contributed by atoms with Crippen LogP contribution in [0.4, 0.5) is 4.39 Å². The molecule has 1 atom stereocenters. The van der Waals surface area contributed by atoms with Gasteiger partial charge in [-0.05, 0) is 67.1 Å². The molecule has 0 fully saturated rings. The van der Waals surface area contributed by atoms with E-state index in [-0.39, 0.29) is 11.6 Å². The van der Waals surface area contributed by atoms with Gasteiger partial charge in [-0.3, -0.25) is 0 Å². The van der Waals surface area contributed by atoms with Crippen LogP contribution < -0.4 is 9.47 Å². The van der Waals surface area contributed by atoms with E-state index in [0.29, 0.717) is 24.2 Å². The molecule has 0 saturated heterocycles. The summed E-state index contributed by atoms with van der Waals surface area (Å²) in [6.45, 7) is 7.10. The van der Waals surface area contributed by atoms with E-state index in [0.717, 1.165) is 17.0 Å². The van der Waals surface area contributed by atoms with Crippen molar-refractivity contribution in [3.05, 3.63) is 76.9 Å². The molecule has 1 heterocycles. The van der Waals surface area contributed by atoms with E-state index in [1.807, 2.05) is 55.5 Å². The first kappa shape index (κ1) is 19.4. The van der Waals surface area contributed by atoms with E-state index < -0.39 is 0 Å². The van der Waals surface area contributed by atoms with E-state index in [1.165, 1.54) is 10.9 Å². The Morgan fingerprint density at radius 1 is 1.00 bits per heavy atom. The second-order valence-electron chi connectivity index (χ2n) is 6.82. The van der Waals surface area contributed by atoms with Gasteiger partial charge in [-0.2, -0.15) is 0 Å². The predicted molar refractivity (Wildman–Crippen MR) is 110 cm³/mol. The van der Waals surface area contributed by atoms with Crippen molar-refractivity contribution in [2.75, 3.05) is 6.61 Å². The maximum atomic E-state index is 14.2. The zero-order valence-electron chi connectivity index (χ0n) is 15.9. The second-order valence-corrected chi connectivity index (χ2v) is 7.90. The largest absolute Gasteiger partial charge is 0.484 e. The molecular weight excluding hydrogens is 359 g/mol. The van der Waals surface area contributed by atoms with Gasteiger partial charge in [-0.15, -0.1) is 11.3 Å². The van der Waals surface area contributed by atoms with Crippen LogP contribution in [0.25, 0.3) is 0 Å². The summed E-state index contributed by atoms with van der Waals surface area (Å²) in [4.78, 5) is 1.29. The maximum absolute atomic E-state index is 14.2. The Hall–Kier alpha value is -2.33. The lowest BCUT2D eigenvalue weighted by atomic mass is 9.88. The van der Waals surface area contributed by atoms with E-state index >= 15 is 0 Å². The van der Waals surface area contributed by atoms with Crippen LogP contribution in [0.2, 0.25) is 0 Å². The van der Waals surface area contributed by atoms with Gasteiger partial charge in [0, 0.05) is 4.88 Å². The van der Waals surface area contributed by atoms with Crippen molar-refractivity contribution in [1.29, 1.82) is 0 Å². The van der Waals surface area contributed by atoms with Crippen LogP contribution in [0.15, 0.2) is 60.7 Å². The third-order valence-electron chi connectivity index (χ3n) is 4.48. The minimum atomic E-state index is -0.349. The standard InChI is InChI=1S/C23H25FO2S/c1-4-25-23-13-12-22(27-23)19(16(2)3)14-17-10-11-20(24)21(15-17)26-18-8-6-5-7-9-18/h5-13,15-16,19H,4,14H2,1-3H3. The minimum absolute atomic E-state index is 0.266. The highest BCUT2D eigenvalue weighted by Crippen LogP contribution is 2.37. The summed E-state index contributed by atoms with van der Waals surface area (Å²) < 4.78 is 25.6. The molecular formula is C23H25FO2S. The Bertz CT molecular complexity index is 858. The first-order valence-electron chi connectivity index (χ1n) is 9.30. The summed E-state index contributed by atoms with van der Waals surface area (Å²) in [6, 6.07) is 18.6. The average molecular weight is 385 g/mol. The van der Waals surface area contributed by atoms with Crippen LogP contribution in [0.5, 0.6) is 16.6 Å². The van der Waals surface area contributed by atoms with Gasteiger partial charge >= 0.3 is 0 Å². The first-order chi connectivity index (χ1) is 13.1.